The zero-order valence-electron chi connectivity index (χ0n) is 15.1. The van der Waals surface area contributed by atoms with E-state index in [0.717, 1.165) is 32.1 Å². The van der Waals surface area contributed by atoms with Crippen LogP contribution in [0.3, 0.4) is 0 Å². The monoisotopic (exact) mass is 334 g/mol. The molecule has 0 radical (unpaired) electrons. The molecule has 0 amide bonds. The fraction of sp³-hybridized carbons (Fsp3) is 0.900. The molecule has 4 rings (SSSR count). The molecule has 1 spiro atoms. The van der Waals surface area contributed by atoms with Crippen LogP contribution >= 0.6 is 0 Å². The van der Waals surface area contributed by atoms with Crippen LogP contribution in [0.4, 0.5) is 0 Å². The largest absolute Gasteiger partial charge is 0.481 e. The van der Waals surface area contributed by atoms with E-state index >= 15 is 0 Å². The van der Waals surface area contributed by atoms with Gasteiger partial charge in [-0.1, -0.05) is 20.3 Å². The maximum Gasteiger partial charge on any atom is 0.309 e. The lowest BCUT2D eigenvalue weighted by Crippen LogP contribution is -2.70. The van der Waals surface area contributed by atoms with Crippen LogP contribution < -0.4 is 0 Å². The molecule has 4 saturated carbocycles. The Morgan fingerprint density at radius 3 is 2.50 bits per heavy atom. The van der Waals surface area contributed by atoms with Gasteiger partial charge in [-0.3, -0.25) is 9.59 Å². The first kappa shape index (κ1) is 16.6. The first-order valence-electron chi connectivity index (χ1n) is 9.62. The third kappa shape index (κ3) is 1.55. The van der Waals surface area contributed by atoms with E-state index < -0.39 is 27.8 Å². The van der Waals surface area contributed by atoms with Crippen LogP contribution in [0, 0.1) is 34.0 Å². The van der Waals surface area contributed by atoms with Gasteiger partial charge in [0.05, 0.1) is 16.4 Å². The first-order chi connectivity index (χ1) is 11.1. The highest BCUT2D eigenvalue weighted by Crippen LogP contribution is 2.72. The van der Waals surface area contributed by atoms with Crippen LogP contribution in [0.15, 0.2) is 0 Å². The summed E-state index contributed by atoms with van der Waals surface area (Å²) in [6, 6.07) is 0. The van der Waals surface area contributed by atoms with E-state index in [-0.39, 0.29) is 17.6 Å². The van der Waals surface area contributed by atoms with E-state index in [1.54, 1.807) is 0 Å². The Bertz CT molecular complexity index is 615. The summed E-state index contributed by atoms with van der Waals surface area (Å²) in [5, 5.41) is 21.9. The van der Waals surface area contributed by atoms with Crippen molar-refractivity contribution in [1.82, 2.24) is 0 Å². The van der Waals surface area contributed by atoms with Crippen molar-refractivity contribution >= 4 is 11.8 Å². The topological polar surface area (TPSA) is 74.6 Å². The van der Waals surface area contributed by atoms with E-state index in [1.807, 2.05) is 13.8 Å². The molecule has 0 saturated heterocycles. The second-order valence-electron chi connectivity index (χ2n) is 9.68. The second-order valence-corrected chi connectivity index (χ2v) is 9.68. The predicted octanol–water partition coefficient (Wildman–Crippen LogP) is 3.41. The number of rotatable bonds is 1. The van der Waals surface area contributed by atoms with Gasteiger partial charge in [0.2, 0.25) is 0 Å². The fourth-order valence-corrected chi connectivity index (χ4v) is 7.65. The predicted molar refractivity (Wildman–Crippen MR) is 89.3 cm³/mol. The van der Waals surface area contributed by atoms with Crippen LogP contribution in [0.25, 0.3) is 0 Å². The van der Waals surface area contributed by atoms with E-state index in [4.69, 9.17) is 0 Å². The van der Waals surface area contributed by atoms with Crippen LogP contribution in [0.5, 0.6) is 0 Å². The minimum absolute atomic E-state index is 0.0490. The number of hydrogen-bond donors (Lipinski definition) is 2. The lowest BCUT2D eigenvalue weighted by atomic mass is 9.38. The van der Waals surface area contributed by atoms with Gasteiger partial charge in [0, 0.05) is 11.3 Å². The summed E-state index contributed by atoms with van der Waals surface area (Å²) in [6.07, 6.45) is 6.15. The molecule has 24 heavy (non-hydrogen) atoms. The molecule has 134 valence electrons. The van der Waals surface area contributed by atoms with Crippen LogP contribution in [0.2, 0.25) is 0 Å². The highest BCUT2D eigenvalue weighted by Gasteiger charge is 2.75. The molecule has 0 heterocycles. The van der Waals surface area contributed by atoms with Gasteiger partial charge < -0.3 is 10.2 Å². The molecule has 0 aromatic carbocycles. The Kier molecular flexibility index (Phi) is 3.19. The molecule has 2 bridgehead atoms. The third-order valence-corrected chi connectivity index (χ3v) is 9.10. The maximum atomic E-state index is 13.2. The molecule has 4 fully saturated rings. The summed E-state index contributed by atoms with van der Waals surface area (Å²) in [5.41, 5.74) is -2.90. The lowest BCUT2D eigenvalue weighted by Gasteiger charge is -2.66. The van der Waals surface area contributed by atoms with E-state index in [1.165, 1.54) is 0 Å². The van der Waals surface area contributed by atoms with Crippen molar-refractivity contribution in [2.75, 3.05) is 0 Å². The molecule has 4 aliphatic rings. The molecule has 7 atom stereocenters. The number of carboxylic acids is 1. The zero-order chi connectivity index (χ0) is 17.5. The van der Waals surface area contributed by atoms with Crippen molar-refractivity contribution in [3.8, 4) is 0 Å². The number of carbonyl (C=O) groups excluding carboxylic acids is 1. The van der Waals surface area contributed by atoms with Gasteiger partial charge >= 0.3 is 5.97 Å². The van der Waals surface area contributed by atoms with Crippen molar-refractivity contribution in [2.45, 2.75) is 77.7 Å². The Morgan fingerprint density at radius 2 is 1.83 bits per heavy atom. The summed E-state index contributed by atoms with van der Waals surface area (Å²) in [4.78, 5) is 25.2. The van der Waals surface area contributed by atoms with Gasteiger partial charge in [-0.2, -0.15) is 0 Å². The number of aliphatic hydroxyl groups is 1. The summed E-state index contributed by atoms with van der Waals surface area (Å²) >= 11 is 0. The van der Waals surface area contributed by atoms with Gasteiger partial charge in [0.25, 0.3) is 0 Å². The van der Waals surface area contributed by atoms with Crippen LogP contribution in [0.1, 0.15) is 72.1 Å². The average Bonchev–Trinajstić information content (AvgIpc) is 2.73. The number of aliphatic carboxylic acids is 1. The maximum absolute atomic E-state index is 13.2. The Labute approximate surface area is 144 Å². The van der Waals surface area contributed by atoms with E-state index in [2.05, 4.69) is 6.92 Å². The number of Topliss-reactive ketones (excluding diaryl/α,β-unsaturated/α-hetero) is 1. The van der Waals surface area contributed by atoms with Crippen LogP contribution in [-0.4, -0.2) is 27.6 Å². The fourth-order valence-electron chi connectivity index (χ4n) is 7.65. The third-order valence-electron chi connectivity index (χ3n) is 9.10. The highest BCUT2D eigenvalue weighted by molar-refractivity contribution is 5.91. The number of hydrogen-bond acceptors (Lipinski definition) is 3. The minimum Gasteiger partial charge on any atom is -0.481 e. The normalized spacial score (nSPS) is 56.5. The van der Waals surface area contributed by atoms with Crippen molar-refractivity contribution in [3.63, 3.8) is 0 Å². The molecule has 7 unspecified atom stereocenters. The molecular weight excluding hydrogens is 304 g/mol. The number of carboxylic acid groups (broad SMARTS) is 1. The molecule has 0 aliphatic heterocycles. The Balaban J connectivity index is 1.85. The number of ketones is 1. The zero-order valence-corrected chi connectivity index (χ0v) is 15.1. The summed E-state index contributed by atoms with van der Waals surface area (Å²) in [6.45, 7) is 5.99. The lowest BCUT2D eigenvalue weighted by molar-refractivity contribution is -0.255. The number of carbonyl (C=O) groups is 2. The summed E-state index contributed by atoms with van der Waals surface area (Å²) in [7, 11) is 0. The highest BCUT2D eigenvalue weighted by atomic mass is 16.4. The molecule has 0 aromatic heterocycles. The molecule has 4 heteroatoms. The SMILES string of the molecule is CC1C(=O)C23CCC4C(C)(C(=O)O)CCCC4(C)C2(O)CCC1C3. The quantitative estimate of drug-likeness (QED) is 0.770. The van der Waals surface area contributed by atoms with E-state index in [0.29, 0.717) is 25.2 Å². The van der Waals surface area contributed by atoms with E-state index in [9.17, 15) is 19.8 Å². The Morgan fingerprint density at radius 1 is 1.12 bits per heavy atom. The van der Waals surface area contributed by atoms with Crippen molar-refractivity contribution < 1.29 is 19.8 Å². The van der Waals surface area contributed by atoms with Gasteiger partial charge in [0.1, 0.15) is 5.78 Å². The van der Waals surface area contributed by atoms with Gasteiger partial charge in [-0.05, 0) is 63.7 Å². The minimum atomic E-state index is -1.03. The number of fused-ring (bicyclic) bond motifs is 3. The molecule has 4 aliphatic carbocycles. The van der Waals surface area contributed by atoms with Crippen molar-refractivity contribution in [3.05, 3.63) is 0 Å². The molecular formula is C20H30O4. The smallest absolute Gasteiger partial charge is 0.309 e. The van der Waals surface area contributed by atoms with Crippen molar-refractivity contribution in [2.24, 2.45) is 34.0 Å². The summed E-state index contributed by atoms with van der Waals surface area (Å²) in [5.74, 6) is -0.0688. The first-order valence-corrected chi connectivity index (χ1v) is 9.62. The van der Waals surface area contributed by atoms with Gasteiger partial charge in [-0.15, -0.1) is 0 Å². The van der Waals surface area contributed by atoms with Gasteiger partial charge in [-0.25, -0.2) is 0 Å². The Hall–Kier alpha value is -0.900. The van der Waals surface area contributed by atoms with Crippen molar-refractivity contribution in [1.29, 1.82) is 0 Å². The second kappa shape index (κ2) is 4.63. The standard InChI is InChI=1S/C20H30O4/c1-12-13-5-10-20(24)18(3)8-4-7-17(2,16(22)23)14(18)6-9-19(20,11-13)15(12)21/h12-14,24H,4-11H2,1-3H3,(H,22,23). The molecule has 2 N–H and O–H groups in total. The molecule has 4 nitrogen and oxygen atoms in total. The van der Waals surface area contributed by atoms with Gasteiger partial charge in [0.15, 0.2) is 0 Å². The molecule has 0 aromatic rings. The van der Waals surface area contributed by atoms with Crippen LogP contribution in [-0.2, 0) is 9.59 Å². The summed E-state index contributed by atoms with van der Waals surface area (Å²) < 4.78 is 0. The average molecular weight is 334 g/mol.